The molecule has 1 aliphatic rings. The molecule has 8 rings (SSSR count). The maximum atomic E-state index is 3.44. The molecule has 0 unspecified atom stereocenters. The summed E-state index contributed by atoms with van der Waals surface area (Å²) in [5, 5.41) is 19.9. The Morgan fingerprint density at radius 1 is 0.274 bits per heavy atom. The number of hydrogen-bond donors (Lipinski definition) is 8. The number of hydrogen-bond acceptors (Lipinski definition) is 6. The standard InChI is InChI=1S/C26H26N4.C26H24N4.2CH3/c2*1-19-3-5-21(6-4-19)28-23-11-13-25(14-12-23)30-26-17-15-24(16-18-26)29-22-9-7-20(27-2)8-10-22;;/h3-18,27-30H,1-2H3;3-18,27,29H,1-2H3;2*1H3/q;;2*-1/p+2. The molecule has 8 heteroatoms. The van der Waals surface area contributed by atoms with Crippen LogP contribution in [0.1, 0.15) is 11.1 Å². The van der Waals surface area contributed by atoms with Gasteiger partial charge in [0.25, 0.3) is 0 Å². The summed E-state index contributed by atoms with van der Waals surface area (Å²) >= 11 is 0. The van der Waals surface area contributed by atoms with Crippen molar-refractivity contribution in [1.29, 1.82) is 0 Å². The molecule has 0 spiro atoms. The van der Waals surface area contributed by atoms with Gasteiger partial charge >= 0.3 is 0 Å². The van der Waals surface area contributed by atoms with E-state index in [1.807, 2.05) is 14.1 Å². The molecule has 0 heterocycles. The van der Waals surface area contributed by atoms with Crippen molar-refractivity contribution in [3.63, 3.8) is 0 Å². The van der Waals surface area contributed by atoms with Crippen molar-refractivity contribution in [2.24, 2.45) is 0 Å². The zero-order valence-electron chi connectivity index (χ0n) is 36.5. The van der Waals surface area contributed by atoms with Crippen LogP contribution in [0, 0.1) is 28.7 Å². The number of aryl methyl sites for hydroxylation is 2. The summed E-state index contributed by atoms with van der Waals surface area (Å²) < 4.78 is 0. The lowest BCUT2D eigenvalue weighted by molar-refractivity contribution is -0.353. The van der Waals surface area contributed by atoms with E-state index < -0.39 is 0 Å². The number of nitrogens with one attached hydrogen (secondary N) is 8. The molecule has 8 N–H and O–H groups in total. The van der Waals surface area contributed by atoms with Crippen LogP contribution in [0.15, 0.2) is 194 Å². The summed E-state index contributed by atoms with van der Waals surface area (Å²) in [5.41, 5.74) is 17.4. The highest BCUT2D eigenvalue weighted by Crippen LogP contribution is 2.25. The first-order chi connectivity index (χ1) is 29.3. The quantitative estimate of drug-likeness (QED) is 0.0462. The minimum atomic E-state index is 0. The van der Waals surface area contributed by atoms with Crippen LogP contribution in [0.5, 0.6) is 0 Å². The van der Waals surface area contributed by atoms with E-state index in [1.165, 1.54) is 11.1 Å². The minimum absolute atomic E-state index is 0. The van der Waals surface area contributed by atoms with Crippen LogP contribution in [0.25, 0.3) is 0 Å². The lowest BCUT2D eigenvalue weighted by atomic mass is 10.1. The smallest absolute Gasteiger partial charge is 0.204 e. The summed E-state index contributed by atoms with van der Waals surface area (Å²) in [6, 6.07) is 58.1. The van der Waals surface area contributed by atoms with Crippen LogP contribution < -0.4 is 41.9 Å². The highest BCUT2D eigenvalue weighted by molar-refractivity contribution is 6.14. The summed E-state index contributed by atoms with van der Waals surface area (Å²) in [7, 11) is 3.84. The first-order valence-corrected chi connectivity index (χ1v) is 20.1. The monoisotopic (exact) mass is 818 g/mol. The SMILES string of the molecule is CNc1ccc(Nc2ccc(Nc3ccc(Nc4ccc(C)cc4)cc3)cc2)cc1.CNc1ccc(Nc2ccc([NH+]=C3C=CC(=[NH+]c4ccc(C)cc4)C=C3)cc2)cc1.[CH3-].[CH3-]. The van der Waals surface area contributed by atoms with E-state index in [1.54, 1.807) is 0 Å². The van der Waals surface area contributed by atoms with E-state index >= 15 is 0 Å². The van der Waals surface area contributed by atoms with E-state index in [-0.39, 0.29) is 14.9 Å². The van der Waals surface area contributed by atoms with Crippen molar-refractivity contribution in [3.8, 4) is 0 Å². The molecular weight excluding hydrogens is 761 g/mol. The van der Waals surface area contributed by atoms with Crippen LogP contribution in [-0.2, 0) is 0 Å². The van der Waals surface area contributed by atoms with Crippen molar-refractivity contribution >= 4 is 79.7 Å². The normalized spacial score (nSPS) is 11.1. The van der Waals surface area contributed by atoms with E-state index in [9.17, 15) is 0 Å². The molecular formula is C54H58N8. The third kappa shape index (κ3) is 13.6. The van der Waals surface area contributed by atoms with Crippen molar-refractivity contribution < 1.29 is 9.98 Å². The molecule has 7 aromatic rings. The van der Waals surface area contributed by atoms with Gasteiger partial charge in [-0.25, -0.2) is 9.98 Å². The first-order valence-electron chi connectivity index (χ1n) is 20.1. The van der Waals surface area contributed by atoms with Crippen molar-refractivity contribution in [2.75, 3.05) is 46.0 Å². The fourth-order valence-corrected chi connectivity index (χ4v) is 6.26. The lowest BCUT2D eigenvalue weighted by Gasteiger charge is -2.11. The molecule has 62 heavy (non-hydrogen) atoms. The van der Waals surface area contributed by atoms with Gasteiger partial charge in [0.05, 0.1) is 0 Å². The van der Waals surface area contributed by atoms with Gasteiger partial charge in [0.15, 0.2) is 0 Å². The highest BCUT2D eigenvalue weighted by Gasteiger charge is 2.10. The van der Waals surface area contributed by atoms with Crippen LogP contribution in [0.3, 0.4) is 0 Å². The summed E-state index contributed by atoms with van der Waals surface area (Å²) in [6.07, 6.45) is 8.30. The summed E-state index contributed by atoms with van der Waals surface area (Å²) in [5.74, 6) is 0. The fourth-order valence-electron chi connectivity index (χ4n) is 6.26. The van der Waals surface area contributed by atoms with Gasteiger partial charge in [-0.2, -0.15) is 0 Å². The third-order valence-electron chi connectivity index (χ3n) is 9.72. The predicted molar refractivity (Wildman–Crippen MR) is 269 cm³/mol. The Labute approximate surface area is 368 Å². The molecule has 0 fully saturated rings. The van der Waals surface area contributed by atoms with Gasteiger partial charge in [-0.3, -0.25) is 0 Å². The molecule has 0 atom stereocenters. The maximum Gasteiger partial charge on any atom is 0.204 e. The number of rotatable bonds is 12. The van der Waals surface area contributed by atoms with Gasteiger partial charge in [0, 0.05) is 120 Å². The van der Waals surface area contributed by atoms with E-state index in [4.69, 9.17) is 0 Å². The second-order valence-corrected chi connectivity index (χ2v) is 14.4. The Kier molecular flexibility index (Phi) is 16.4. The van der Waals surface area contributed by atoms with Crippen molar-refractivity contribution in [3.05, 3.63) is 220 Å². The Morgan fingerprint density at radius 3 is 0.726 bits per heavy atom. The van der Waals surface area contributed by atoms with Gasteiger partial charge in [0.2, 0.25) is 22.8 Å². The summed E-state index contributed by atoms with van der Waals surface area (Å²) in [6.45, 7) is 4.18. The second-order valence-electron chi connectivity index (χ2n) is 14.4. The molecule has 0 aliphatic heterocycles. The van der Waals surface area contributed by atoms with Crippen LogP contribution in [0.2, 0.25) is 0 Å². The fraction of sp³-hybridized carbons (Fsp3) is 0.0741. The van der Waals surface area contributed by atoms with Gasteiger partial charge < -0.3 is 46.8 Å². The molecule has 8 nitrogen and oxygen atoms in total. The van der Waals surface area contributed by atoms with Gasteiger partial charge in [-0.15, -0.1) is 0 Å². The van der Waals surface area contributed by atoms with Crippen molar-refractivity contribution in [1.82, 2.24) is 0 Å². The molecule has 0 saturated heterocycles. The van der Waals surface area contributed by atoms with E-state index in [0.29, 0.717) is 0 Å². The third-order valence-corrected chi connectivity index (χ3v) is 9.72. The molecule has 0 aromatic heterocycles. The Balaban J connectivity index is 0.000000227. The first kappa shape index (κ1) is 45.2. The molecule has 0 radical (unpaired) electrons. The highest BCUT2D eigenvalue weighted by atomic mass is 14.9. The van der Waals surface area contributed by atoms with Crippen LogP contribution in [-0.4, -0.2) is 25.5 Å². The number of benzene rings is 7. The van der Waals surface area contributed by atoms with Crippen LogP contribution in [0.4, 0.5) is 68.2 Å². The lowest BCUT2D eigenvalue weighted by Crippen LogP contribution is -2.68. The maximum absolute atomic E-state index is 3.44. The second kappa shape index (κ2) is 22.5. The molecule has 0 amide bonds. The Morgan fingerprint density at radius 2 is 0.468 bits per heavy atom. The predicted octanol–water partition coefficient (Wildman–Crippen LogP) is 11.1. The van der Waals surface area contributed by atoms with Gasteiger partial charge in [-0.1, -0.05) is 35.4 Å². The van der Waals surface area contributed by atoms with Crippen molar-refractivity contribution in [2.45, 2.75) is 13.8 Å². The largest absolute Gasteiger partial charge is 0.388 e. The topological polar surface area (TPSA) is 100 Å². The van der Waals surface area contributed by atoms with Crippen LogP contribution >= 0.6 is 0 Å². The Bertz CT molecular complexity index is 2540. The average molecular weight is 819 g/mol. The van der Waals surface area contributed by atoms with E-state index in [0.717, 1.165) is 79.7 Å². The molecule has 314 valence electrons. The molecule has 7 aromatic carbocycles. The zero-order chi connectivity index (χ0) is 41.5. The molecule has 0 bridgehead atoms. The van der Waals surface area contributed by atoms with Gasteiger partial charge in [-0.05, 0) is 135 Å². The molecule has 0 saturated carbocycles. The Hall–Kier alpha value is -7.84. The number of anilines is 10. The number of allylic oxidation sites excluding steroid dienone is 4. The zero-order valence-corrected chi connectivity index (χ0v) is 36.5. The van der Waals surface area contributed by atoms with Gasteiger partial charge in [0.1, 0.15) is 0 Å². The average Bonchev–Trinajstić information content (AvgIpc) is 3.29. The van der Waals surface area contributed by atoms with E-state index in [2.05, 4.69) is 250 Å². The minimum Gasteiger partial charge on any atom is -0.388 e. The molecule has 1 aliphatic carbocycles. The summed E-state index contributed by atoms with van der Waals surface area (Å²) in [4.78, 5) is 6.86.